The summed E-state index contributed by atoms with van der Waals surface area (Å²) in [5, 5.41) is 3.06. The Morgan fingerprint density at radius 3 is 2.69 bits per heavy atom. The Hall–Kier alpha value is -3.32. The van der Waals surface area contributed by atoms with Crippen LogP contribution in [0.15, 0.2) is 60.5 Å². The summed E-state index contributed by atoms with van der Waals surface area (Å²) in [6.07, 6.45) is 4.54. The minimum Gasteiger partial charge on any atom is -0.467 e. The van der Waals surface area contributed by atoms with Crippen LogP contribution in [0, 0.1) is 0 Å². The molecule has 1 aliphatic carbocycles. The molecule has 0 fully saturated rings. The summed E-state index contributed by atoms with van der Waals surface area (Å²) in [6, 6.07) is 14.3. The van der Waals surface area contributed by atoms with Crippen LogP contribution in [0.1, 0.15) is 59.7 Å². The first kappa shape index (κ1) is 24.8. The lowest BCUT2D eigenvalue weighted by Crippen LogP contribution is -2.37. The lowest BCUT2D eigenvalue weighted by Gasteiger charge is -2.21. The molecule has 7 heteroatoms. The number of benzene rings is 2. The highest BCUT2D eigenvalue weighted by Crippen LogP contribution is 2.41. The van der Waals surface area contributed by atoms with Crippen molar-refractivity contribution in [1.29, 1.82) is 0 Å². The molecule has 2 aromatic rings. The molecule has 2 aromatic carbocycles. The Morgan fingerprint density at radius 1 is 1.14 bits per heavy atom. The van der Waals surface area contributed by atoms with Gasteiger partial charge < -0.3 is 14.8 Å². The third kappa shape index (κ3) is 5.05. The minimum absolute atomic E-state index is 0.0413. The van der Waals surface area contributed by atoms with E-state index in [1.54, 1.807) is 24.3 Å². The van der Waals surface area contributed by atoms with Crippen molar-refractivity contribution in [2.45, 2.75) is 44.8 Å². The van der Waals surface area contributed by atoms with Gasteiger partial charge in [0, 0.05) is 17.2 Å². The van der Waals surface area contributed by atoms with E-state index >= 15 is 0 Å². The Bertz CT molecular complexity index is 1200. The highest BCUT2D eigenvalue weighted by atomic mass is 32.2. The first-order chi connectivity index (χ1) is 17.0. The monoisotopic (exact) mass is 491 g/mol. The molecule has 2 aliphatic rings. The van der Waals surface area contributed by atoms with E-state index < -0.39 is 18.1 Å². The van der Waals surface area contributed by atoms with Crippen molar-refractivity contribution in [1.82, 2.24) is 5.32 Å². The highest BCUT2D eigenvalue weighted by molar-refractivity contribution is 8.14. The van der Waals surface area contributed by atoms with Crippen LogP contribution < -0.4 is 5.32 Å². The van der Waals surface area contributed by atoms with Crippen molar-refractivity contribution in [2.75, 3.05) is 12.9 Å². The molecule has 1 aliphatic heterocycles. The summed E-state index contributed by atoms with van der Waals surface area (Å²) in [5.74, 6) is 0.0825. The smallest absolute Gasteiger partial charge is 0.328 e. The zero-order valence-electron chi connectivity index (χ0n) is 20.1. The fraction of sp³-hybridized carbons (Fsp3) is 0.321. The van der Waals surface area contributed by atoms with Crippen LogP contribution >= 0.6 is 11.8 Å². The van der Waals surface area contributed by atoms with Gasteiger partial charge in [-0.3, -0.25) is 9.59 Å². The maximum Gasteiger partial charge on any atom is 0.328 e. The normalized spacial score (nSPS) is 19.3. The number of hydrogen-bond donors (Lipinski definition) is 1. The van der Waals surface area contributed by atoms with Gasteiger partial charge in [-0.1, -0.05) is 80.2 Å². The fourth-order valence-electron chi connectivity index (χ4n) is 4.36. The SMILES string of the molecule is CCCSC(=O)c1cccc(C2=C(NC(CC)C(=O)OC)OC(C3C=Cc4ccccc43)C2=O)c1. The van der Waals surface area contributed by atoms with Gasteiger partial charge in [0.15, 0.2) is 12.0 Å². The number of esters is 1. The van der Waals surface area contributed by atoms with E-state index in [0.717, 1.165) is 23.3 Å². The molecule has 0 amide bonds. The number of fused-ring (bicyclic) bond motifs is 1. The van der Waals surface area contributed by atoms with Crippen molar-refractivity contribution in [3.63, 3.8) is 0 Å². The van der Waals surface area contributed by atoms with Crippen LogP contribution in [0.2, 0.25) is 0 Å². The van der Waals surface area contributed by atoms with Crippen LogP contribution in [-0.2, 0) is 19.1 Å². The molecule has 0 saturated carbocycles. The van der Waals surface area contributed by atoms with Crippen molar-refractivity contribution in [3.8, 4) is 0 Å². The van der Waals surface area contributed by atoms with Gasteiger partial charge in [-0.25, -0.2) is 4.79 Å². The van der Waals surface area contributed by atoms with Crippen LogP contribution in [0.3, 0.4) is 0 Å². The second kappa shape index (κ2) is 11.0. The average Bonchev–Trinajstić information content (AvgIpc) is 3.45. The van der Waals surface area contributed by atoms with Gasteiger partial charge in [0.25, 0.3) is 0 Å². The summed E-state index contributed by atoms with van der Waals surface area (Å²) < 4.78 is 11.2. The minimum atomic E-state index is -0.781. The first-order valence-corrected chi connectivity index (χ1v) is 12.8. The summed E-state index contributed by atoms with van der Waals surface area (Å²) in [4.78, 5) is 38.7. The molecule has 3 atom stereocenters. The summed E-state index contributed by atoms with van der Waals surface area (Å²) in [5.41, 5.74) is 3.52. The Kier molecular flexibility index (Phi) is 7.76. The van der Waals surface area contributed by atoms with E-state index in [-0.39, 0.29) is 22.7 Å². The van der Waals surface area contributed by atoms with Crippen LogP contribution in [-0.4, -0.2) is 41.9 Å². The number of ketones is 1. The number of rotatable bonds is 9. The van der Waals surface area contributed by atoms with Crippen LogP contribution in [0.4, 0.5) is 0 Å². The fourth-order valence-corrected chi connectivity index (χ4v) is 5.04. The van der Waals surface area contributed by atoms with Crippen molar-refractivity contribution < 1.29 is 23.9 Å². The van der Waals surface area contributed by atoms with Gasteiger partial charge in [0.2, 0.25) is 10.9 Å². The Balaban J connectivity index is 1.71. The maximum atomic E-state index is 13.8. The largest absolute Gasteiger partial charge is 0.467 e. The molecule has 182 valence electrons. The van der Waals surface area contributed by atoms with Crippen molar-refractivity contribution in [3.05, 3.63) is 82.7 Å². The molecule has 0 radical (unpaired) electrons. The predicted molar refractivity (Wildman–Crippen MR) is 138 cm³/mol. The highest BCUT2D eigenvalue weighted by Gasteiger charge is 2.43. The van der Waals surface area contributed by atoms with E-state index in [4.69, 9.17) is 9.47 Å². The van der Waals surface area contributed by atoms with E-state index in [9.17, 15) is 14.4 Å². The van der Waals surface area contributed by atoms with Gasteiger partial charge in [0.1, 0.15) is 6.04 Å². The molecule has 1 N–H and O–H groups in total. The Morgan fingerprint density at radius 2 is 1.94 bits per heavy atom. The van der Waals surface area contributed by atoms with E-state index in [0.29, 0.717) is 23.1 Å². The zero-order chi connectivity index (χ0) is 24.9. The van der Waals surface area contributed by atoms with E-state index in [2.05, 4.69) is 5.32 Å². The zero-order valence-corrected chi connectivity index (χ0v) is 20.9. The second-order valence-corrected chi connectivity index (χ2v) is 9.53. The number of carbonyl (C=O) groups excluding carboxylic acids is 3. The van der Waals surface area contributed by atoms with Crippen LogP contribution in [0.25, 0.3) is 11.6 Å². The quantitative estimate of drug-likeness (QED) is 0.497. The molecule has 6 nitrogen and oxygen atoms in total. The number of carbonyl (C=O) groups is 3. The molecule has 4 rings (SSSR count). The average molecular weight is 492 g/mol. The molecule has 3 unspecified atom stereocenters. The van der Waals surface area contributed by atoms with Gasteiger partial charge in [-0.2, -0.15) is 0 Å². The van der Waals surface area contributed by atoms with Crippen molar-refractivity contribution >= 4 is 40.3 Å². The lowest BCUT2D eigenvalue weighted by molar-refractivity contribution is -0.143. The molecule has 1 heterocycles. The van der Waals surface area contributed by atoms with Crippen LogP contribution in [0.5, 0.6) is 0 Å². The van der Waals surface area contributed by atoms with Gasteiger partial charge >= 0.3 is 5.97 Å². The number of thioether (sulfide) groups is 1. The summed E-state index contributed by atoms with van der Waals surface area (Å²) in [6.45, 7) is 3.87. The lowest BCUT2D eigenvalue weighted by atomic mass is 9.89. The molecular formula is C28H29NO5S. The number of Topliss-reactive ketones (excluding diaryl/α,β-unsaturated/α-hetero) is 1. The van der Waals surface area contributed by atoms with Crippen molar-refractivity contribution in [2.24, 2.45) is 0 Å². The van der Waals surface area contributed by atoms with Gasteiger partial charge in [-0.15, -0.1) is 0 Å². The summed E-state index contributed by atoms with van der Waals surface area (Å²) in [7, 11) is 1.33. The maximum absolute atomic E-state index is 13.8. The molecule has 0 aromatic heterocycles. The van der Waals surface area contributed by atoms with Gasteiger partial charge in [0.05, 0.1) is 12.7 Å². The Labute approximate surface area is 209 Å². The molecule has 35 heavy (non-hydrogen) atoms. The standard InChI is InChI=1S/C28H29NO5S/c1-4-15-35-28(32)19-11-8-10-18(16-19)23-24(30)25(21-14-13-17-9-6-7-12-20(17)21)34-26(23)29-22(5-2)27(31)33-3/h6-14,16,21-22,25,29H,4-5,15H2,1-3H3. The topological polar surface area (TPSA) is 81.7 Å². The molecule has 0 spiro atoms. The number of nitrogens with one attached hydrogen (secondary N) is 1. The molecular weight excluding hydrogens is 462 g/mol. The predicted octanol–water partition coefficient (Wildman–Crippen LogP) is 4.96. The number of ether oxygens (including phenoxy) is 2. The third-order valence-electron chi connectivity index (χ3n) is 6.16. The molecule has 0 saturated heterocycles. The first-order valence-electron chi connectivity index (χ1n) is 11.8. The second-order valence-electron chi connectivity index (χ2n) is 8.47. The number of hydrogen-bond acceptors (Lipinski definition) is 7. The van der Waals surface area contributed by atoms with E-state index in [1.807, 2.05) is 50.3 Å². The van der Waals surface area contributed by atoms with E-state index in [1.165, 1.54) is 18.9 Å². The molecule has 0 bridgehead atoms. The van der Waals surface area contributed by atoms with Gasteiger partial charge in [-0.05, 0) is 35.6 Å². The summed E-state index contributed by atoms with van der Waals surface area (Å²) >= 11 is 1.26. The number of methoxy groups -OCH3 is 1. The third-order valence-corrected chi connectivity index (χ3v) is 7.27.